The zero-order chi connectivity index (χ0) is 16.8. The molecule has 2 aromatic rings. The molecule has 2 N–H and O–H groups in total. The molecule has 0 aliphatic heterocycles. The van der Waals surface area contributed by atoms with Crippen molar-refractivity contribution in [3.05, 3.63) is 62.4 Å². The zero-order valence-electron chi connectivity index (χ0n) is 12.1. The van der Waals surface area contributed by atoms with Gasteiger partial charge in [-0.05, 0) is 18.6 Å². The second-order valence-corrected chi connectivity index (χ2v) is 5.81. The molecule has 122 valence electrons. The molecule has 0 bridgehead atoms. The standard InChI is InChI=1S/C15H15Cl2N3O3/c16-13-6-12(20(22)23)7-14(17)15(13)19-8-10(9-21)5-11-3-1-2-4-18-11/h1-4,6-7,10,19,21H,5,8-9H2. The molecule has 0 fully saturated rings. The van der Waals surface area contributed by atoms with Crippen LogP contribution in [-0.4, -0.2) is 28.2 Å². The van der Waals surface area contributed by atoms with Crippen LogP contribution in [0.15, 0.2) is 36.5 Å². The van der Waals surface area contributed by atoms with Crippen LogP contribution in [0.4, 0.5) is 11.4 Å². The highest BCUT2D eigenvalue weighted by molar-refractivity contribution is 6.39. The molecule has 1 heterocycles. The van der Waals surface area contributed by atoms with Crippen molar-refractivity contribution in [1.29, 1.82) is 0 Å². The lowest BCUT2D eigenvalue weighted by Gasteiger charge is -2.17. The van der Waals surface area contributed by atoms with Crippen molar-refractivity contribution >= 4 is 34.6 Å². The molecular formula is C15H15Cl2N3O3. The van der Waals surface area contributed by atoms with Crippen molar-refractivity contribution in [2.24, 2.45) is 5.92 Å². The monoisotopic (exact) mass is 355 g/mol. The van der Waals surface area contributed by atoms with Gasteiger partial charge in [0.15, 0.2) is 0 Å². The van der Waals surface area contributed by atoms with E-state index in [4.69, 9.17) is 23.2 Å². The Morgan fingerprint density at radius 2 is 2.00 bits per heavy atom. The average molecular weight is 356 g/mol. The van der Waals surface area contributed by atoms with Crippen LogP contribution in [0.5, 0.6) is 0 Å². The number of nitrogens with zero attached hydrogens (tertiary/aromatic N) is 2. The molecule has 0 radical (unpaired) electrons. The van der Waals surface area contributed by atoms with E-state index >= 15 is 0 Å². The Balaban J connectivity index is 2.05. The van der Waals surface area contributed by atoms with E-state index in [1.807, 2.05) is 18.2 Å². The smallest absolute Gasteiger partial charge is 0.272 e. The van der Waals surface area contributed by atoms with Gasteiger partial charge in [0.25, 0.3) is 5.69 Å². The van der Waals surface area contributed by atoms with E-state index < -0.39 is 4.92 Å². The molecule has 0 saturated heterocycles. The van der Waals surface area contributed by atoms with Gasteiger partial charge in [0.1, 0.15) is 0 Å². The van der Waals surface area contributed by atoms with Crippen LogP contribution in [0.2, 0.25) is 10.0 Å². The predicted octanol–water partition coefficient (Wildman–Crippen LogP) is 3.56. The molecule has 0 saturated carbocycles. The van der Waals surface area contributed by atoms with Crippen LogP contribution in [0.1, 0.15) is 5.69 Å². The van der Waals surface area contributed by atoms with Gasteiger partial charge in [0, 0.05) is 43.1 Å². The van der Waals surface area contributed by atoms with Crippen molar-refractivity contribution < 1.29 is 10.0 Å². The topological polar surface area (TPSA) is 88.3 Å². The number of nitrogens with one attached hydrogen (secondary N) is 1. The third-order valence-electron chi connectivity index (χ3n) is 3.29. The summed E-state index contributed by atoms with van der Waals surface area (Å²) in [5.41, 5.74) is 1.12. The summed E-state index contributed by atoms with van der Waals surface area (Å²) in [5, 5.41) is 23.6. The first-order chi connectivity index (χ1) is 11.0. The Hall–Kier alpha value is -1.89. The van der Waals surface area contributed by atoms with Gasteiger partial charge >= 0.3 is 0 Å². The molecule has 6 nitrogen and oxygen atoms in total. The SMILES string of the molecule is O=[N+]([O-])c1cc(Cl)c(NCC(CO)Cc2ccccn2)c(Cl)c1. The van der Waals surface area contributed by atoms with Gasteiger partial charge in [-0.3, -0.25) is 15.1 Å². The van der Waals surface area contributed by atoms with Gasteiger partial charge in [0.2, 0.25) is 0 Å². The lowest BCUT2D eigenvalue weighted by molar-refractivity contribution is -0.384. The predicted molar refractivity (Wildman–Crippen MR) is 90.1 cm³/mol. The molecule has 0 aliphatic carbocycles. The molecule has 1 aromatic heterocycles. The number of aliphatic hydroxyl groups excluding tert-OH is 1. The van der Waals surface area contributed by atoms with Gasteiger partial charge in [-0.15, -0.1) is 0 Å². The fraction of sp³-hybridized carbons (Fsp3) is 0.267. The van der Waals surface area contributed by atoms with Gasteiger partial charge in [-0.2, -0.15) is 0 Å². The van der Waals surface area contributed by atoms with E-state index in [0.29, 0.717) is 18.7 Å². The number of hydrogen-bond acceptors (Lipinski definition) is 5. The Morgan fingerprint density at radius 3 is 2.52 bits per heavy atom. The number of aliphatic hydroxyl groups is 1. The summed E-state index contributed by atoms with van der Waals surface area (Å²) >= 11 is 12.1. The minimum Gasteiger partial charge on any atom is -0.396 e. The van der Waals surface area contributed by atoms with Crippen LogP contribution in [0.25, 0.3) is 0 Å². The third kappa shape index (κ3) is 4.79. The fourth-order valence-corrected chi connectivity index (χ4v) is 2.71. The average Bonchev–Trinajstić information content (AvgIpc) is 2.53. The van der Waals surface area contributed by atoms with Crippen molar-refractivity contribution in [1.82, 2.24) is 4.98 Å². The van der Waals surface area contributed by atoms with Crippen LogP contribution in [0.3, 0.4) is 0 Å². The van der Waals surface area contributed by atoms with E-state index in [1.54, 1.807) is 6.20 Å². The van der Waals surface area contributed by atoms with E-state index in [2.05, 4.69) is 10.3 Å². The number of hydrogen-bond donors (Lipinski definition) is 2. The first-order valence-corrected chi connectivity index (χ1v) is 7.65. The van der Waals surface area contributed by atoms with Crippen molar-refractivity contribution in [3.63, 3.8) is 0 Å². The highest BCUT2D eigenvalue weighted by atomic mass is 35.5. The minimum absolute atomic E-state index is 0.0359. The summed E-state index contributed by atoms with van der Waals surface area (Å²) in [4.78, 5) is 14.4. The number of aromatic nitrogens is 1. The maximum atomic E-state index is 10.8. The van der Waals surface area contributed by atoms with Gasteiger partial charge < -0.3 is 10.4 Å². The summed E-state index contributed by atoms with van der Waals surface area (Å²) < 4.78 is 0. The van der Waals surface area contributed by atoms with E-state index in [9.17, 15) is 15.2 Å². The van der Waals surface area contributed by atoms with Crippen molar-refractivity contribution in [2.45, 2.75) is 6.42 Å². The molecule has 1 atom stereocenters. The van der Waals surface area contributed by atoms with Crippen LogP contribution in [-0.2, 0) is 6.42 Å². The van der Waals surface area contributed by atoms with Gasteiger partial charge in [-0.1, -0.05) is 29.3 Å². The van der Waals surface area contributed by atoms with E-state index in [0.717, 1.165) is 5.69 Å². The quantitative estimate of drug-likeness (QED) is 0.585. The molecule has 0 spiro atoms. The number of nitro groups is 1. The molecule has 2 rings (SSSR count). The largest absolute Gasteiger partial charge is 0.396 e. The van der Waals surface area contributed by atoms with Crippen LogP contribution in [0, 0.1) is 16.0 Å². The first-order valence-electron chi connectivity index (χ1n) is 6.89. The maximum absolute atomic E-state index is 10.8. The zero-order valence-corrected chi connectivity index (χ0v) is 13.6. The van der Waals surface area contributed by atoms with Crippen LogP contribution >= 0.6 is 23.2 Å². The Bertz CT molecular complexity index is 660. The molecule has 0 amide bonds. The number of pyridine rings is 1. The second kappa shape index (κ2) is 8.10. The van der Waals surface area contributed by atoms with Crippen molar-refractivity contribution in [3.8, 4) is 0 Å². The molecule has 0 aliphatic rings. The lowest BCUT2D eigenvalue weighted by atomic mass is 10.0. The number of anilines is 1. The molecular weight excluding hydrogens is 341 g/mol. The highest BCUT2D eigenvalue weighted by Gasteiger charge is 2.16. The lowest BCUT2D eigenvalue weighted by Crippen LogP contribution is -2.21. The highest BCUT2D eigenvalue weighted by Crippen LogP contribution is 2.34. The third-order valence-corrected chi connectivity index (χ3v) is 3.88. The van der Waals surface area contributed by atoms with E-state index in [1.165, 1.54) is 12.1 Å². The Labute approximate surface area is 143 Å². The number of nitro benzene ring substituents is 1. The number of non-ortho nitro benzene ring substituents is 1. The van der Waals surface area contributed by atoms with Gasteiger partial charge in [-0.25, -0.2) is 0 Å². The molecule has 23 heavy (non-hydrogen) atoms. The summed E-state index contributed by atoms with van der Waals surface area (Å²) in [6.07, 6.45) is 2.29. The summed E-state index contributed by atoms with van der Waals surface area (Å²) in [6.45, 7) is 0.371. The Kier molecular flexibility index (Phi) is 6.15. The van der Waals surface area contributed by atoms with Gasteiger partial charge in [0.05, 0.1) is 20.7 Å². The van der Waals surface area contributed by atoms with E-state index in [-0.39, 0.29) is 28.3 Å². The summed E-state index contributed by atoms with van der Waals surface area (Å²) in [7, 11) is 0. The Morgan fingerprint density at radius 1 is 1.30 bits per heavy atom. The number of halogens is 2. The number of rotatable bonds is 7. The normalized spacial score (nSPS) is 12.0. The fourth-order valence-electron chi connectivity index (χ4n) is 2.10. The molecule has 1 aromatic carbocycles. The first kappa shape index (κ1) is 17.5. The maximum Gasteiger partial charge on any atom is 0.272 e. The molecule has 8 heteroatoms. The summed E-state index contributed by atoms with van der Waals surface area (Å²) in [6, 6.07) is 8.07. The molecule has 1 unspecified atom stereocenters. The second-order valence-electron chi connectivity index (χ2n) is 5.00. The summed E-state index contributed by atoms with van der Waals surface area (Å²) in [5.74, 6) is -0.0905. The van der Waals surface area contributed by atoms with Crippen LogP contribution < -0.4 is 5.32 Å². The minimum atomic E-state index is -0.556. The van der Waals surface area contributed by atoms with Crippen molar-refractivity contribution in [2.75, 3.05) is 18.5 Å². The number of benzene rings is 1.